The Hall–Kier alpha value is -1.88. The fraction of sp³-hybridized carbons (Fsp3) is 0.182. The van der Waals surface area contributed by atoms with E-state index in [1.807, 2.05) is 0 Å². The van der Waals surface area contributed by atoms with Crippen LogP contribution < -0.4 is 9.47 Å². The van der Waals surface area contributed by atoms with Crippen LogP contribution in [0.5, 0.6) is 11.6 Å². The molecule has 0 N–H and O–H groups in total. The molecule has 0 unspecified atom stereocenters. The zero-order valence-corrected chi connectivity index (χ0v) is 10.1. The molecule has 0 fully saturated rings. The zero-order chi connectivity index (χ0) is 12.3. The second-order valence-corrected chi connectivity index (χ2v) is 3.49. The molecule has 0 aromatic carbocycles. The molecule has 0 radical (unpaired) electrons. The molecule has 88 valence electrons. The molecule has 17 heavy (non-hydrogen) atoms. The van der Waals surface area contributed by atoms with Gasteiger partial charge in [0.1, 0.15) is 12.0 Å². The van der Waals surface area contributed by atoms with Gasteiger partial charge in [0.25, 0.3) is 0 Å². The van der Waals surface area contributed by atoms with Gasteiger partial charge in [-0.05, 0) is 6.07 Å². The number of ether oxygens (including phenoxy) is 2. The van der Waals surface area contributed by atoms with Gasteiger partial charge < -0.3 is 9.47 Å². The second-order valence-electron chi connectivity index (χ2n) is 3.13. The van der Waals surface area contributed by atoms with E-state index in [1.54, 1.807) is 25.4 Å². The summed E-state index contributed by atoms with van der Waals surface area (Å²) in [5.74, 6) is 0.932. The molecule has 0 aliphatic carbocycles. The van der Waals surface area contributed by atoms with Crippen LogP contribution in [0.25, 0.3) is 11.3 Å². The molecule has 0 aliphatic heterocycles. The molecule has 0 saturated heterocycles. The maximum atomic E-state index is 5.93. The summed E-state index contributed by atoms with van der Waals surface area (Å²) in [5.41, 5.74) is 1.41. The molecular formula is C11H10ClN3O2. The van der Waals surface area contributed by atoms with Crippen LogP contribution in [0.3, 0.4) is 0 Å². The first kappa shape index (κ1) is 11.6. The van der Waals surface area contributed by atoms with Crippen LogP contribution in [0.4, 0.5) is 0 Å². The normalized spacial score (nSPS) is 10.1. The first-order chi connectivity index (χ1) is 8.26. The third-order valence-electron chi connectivity index (χ3n) is 2.18. The average molecular weight is 252 g/mol. The van der Waals surface area contributed by atoms with Gasteiger partial charge in [0, 0.05) is 17.8 Å². The summed E-state index contributed by atoms with van der Waals surface area (Å²) in [5, 5.41) is 0.272. The Morgan fingerprint density at radius 3 is 2.65 bits per heavy atom. The molecule has 0 atom stereocenters. The average Bonchev–Trinajstić information content (AvgIpc) is 2.38. The molecule has 2 heterocycles. The highest BCUT2D eigenvalue weighted by molar-refractivity contribution is 6.31. The maximum absolute atomic E-state index is 5.93. The number of pyridine rings is 1. The molecule has 0 saturated carbocycles. The summed E-state index contributed by atoms with van der Waals surface area (Å²) in [6, 6.07) is 3.55. The van der Waals surface area contributed by atoms with Crippen LogP contribution in [0, 0.1) is 0 Å². The van der Waals surface area contributed by atoms with Crippen molar-refractivity contribution in [1.29, 1.82) is 0 Å². The van der Waals surface area contributed by atoms with Gasteiger partial charge in [0.05, 0.1) is 14.2 Å². The van der Waals surface area contributed by atoms with Crippen molar-refractivity contribution in [3.05, 3.63) is 29.8 Å². The minimum absolute atomic E-state index is 0.272. The molecule has 2 aromatic rings. The van der Waals surface area contributed by atoms with Crippen LogP contribution in [0.2, 0.25) is 5.15 Å². The highest BCUT2D eigenvalue weighted by Crippen LogP contribution is 2.33. The summed E-state index contributed by atoms with van der Waals surface area (Å²) in [6.45, 7) is 0. The Bertz CT molecular complexity index is 534. The van der Waals surface area contributed by atoms with E-state index < -0.39 is 0 Å². The molecule has 5 nitrogen and oxygen atoms in total. The van der Waals surface area contributed by atoms with E-state index >= 15 is 0 Å². The Balaban J connectivity index is 2.55. The van der Waals surface area contributed by atoms with Crippen LogP contribution in [-0.2, 0) is 0 Å². The Labute approximate surface area is 103 Å². The summed E-state index contributed by atoms with van der Waals surface area (Å²) in [7, 11) is 3.07. The highest BCUT2D eigenvalue weighted by atomic mass is 35.5. The van der Waals surface area contributed by atoms with Gasteiger partial charge >= 0.3 is 0 Å². The molecule has 0 aliphatic rings. The van der Waals surface area contributed by atoms with Gasteiger partial charge in [-0.2, -0.15) is 0 Å². The van der Waals surface area contributed by atoms with Crippen LogP contribution in [-0.4, -0.2) is 29.2 Å². The molecule has 0 bridgehead atoms. The smallest absolute Gasteiger partial charge is 0.213 e. The van der Waals surface area contributed by atoms with Crippen molar-refractivity contribution in [2.75, 3.05) is 14.2 Å². The molecule has 6 heteroatoms. The lowest BCUT2D eigenvalue weighted by atomic mass is 10.2. The van der Waals surface area contributed by atoms with Crippen molar-refractivity contribution in [2.45, 2.75) is 0 Å². The van der Waals surface area contributed by atoms with Gasteiger partial charge in [0.2, 0.25) is 5.88 Å². The van der Waals surface area contributed by atoms with Gasteiger partial charge in [-0.3, -0.25) is 0 Å². The van der Waals surface area contributed by atoms with Crippen molar-refractivity contribution in [3.8, 4) is 22.9 Å². The molecule has 2 rings (SSSR count). The van der Waals surface area contributed by atoms with E-state index in [0.29, 0.717) is 17.3 Å². The Morgan fingerprint density at radius 1 is 1.12 bits per heavy atom. The van der Waals surface area contributed by atoms with E-state index in [9.17, 15) is 0 Å². The van der Waals surface area contributed by atoms with Crippen LogP contribution >= 0.6 is 11.6 Å². The van der Waals surface area contributed by atoms with E-state index in [4.69, 9.17) is 21.1 Å². The van der Waals surface area contributed by atoms with Crippen molar-refractivity contribution < 1.29 is 9.47 Å². The van der Waals surface area contributed by atoms with Gasteiger partial charge in [-0.15, -0.1) is 0 Å². The SMILES string of the molecule is COc1cc(-c2ncnc(Cl)c2OC)ccn1. The van der Waals surface area contributed by atoms with Gasteiger partial charge in [-0.25, -0.2) is 15.0 Å². The zero-order valence-electron chi connectivity index (χ0n) is 9.35. The summed E-state index contributed by atoms with van der Waals surface area (Å²) in [6.07, 6.45) is 3.01. The fourth-order valence-electron chi connectivity index (χ4n) is 1.41. The number of nitrogens with zero attached hydrogens (tertiary/aromatic N) is 3. The number of aromatic nitrogens is 3. The number of methoxy groups -OCH3 is 2. The molecule has 0 amide bonds. The maximum Gasteiger partial charge on any atom is 0.213 e. The fourth-order valence-corrected chi connectivity index (χ4v) is 1.62. The predicted molar refractivity (Wildman–Crippen MR) is 63.4 cm³/mol. The van der Waals surface area contributed by atoms with E-state index in [2.05, 4.69) is 15.0 Å². The minimum atomic E-state index is 0.272. The Kier molecular flexibility index (Phi) is 3.39. The first-order valence-corrected chi connectivity index (χ1v) is 5.19. The number of rotatable bonds is 3. The largest absolute Gasteiger partial charge is 0.491 e. The second kappa shape index (κ2) is 4.97. The topological polar surface area (TPSA) is 57.1 Å². The van der Waals surface area contributed by atoms with Crippen molar-refractivity contribution >= 4 is 11.6 Å². The summed E-state index contributed by atoms with van der Waals surface area (Å²) in [4.78, 5) is 12.0. The third kappa shape index (κ3) is 2.29. The number of hydrogen-bond donors (Lipinski definition) is 0. The molecule has 2 aromatic heterocycles. The number of hydrogen-bond acceptors (Lipinski definition) is 5. The van der Waals surface area contributed by atoms with Gasteiger partial charge in [0.15, 0.2) is 10.9 Å². The van der Waals surface area contributed by atoms with E-state index in [-0.39, 0.29) is 5.15 Å². The van der Waals surface area contributed by atoms with E-state index in [1.165, 1.54) is 13.4 Å². The predicted octanol–water partition coefficient (Wildman–Crippen LogP) is 2.21. The van der Waals surface area contributed by atoms with Gasteiger partial charge in [-0.1, -0.05) is 11.6 Å². The standard InChI is InChI=1S/C11H10ClN3O2/c1-16-8-5-7(3-4-13-8)9-10(17-2)11(12)15-6-14-9/h3-6H,1-2H3. The quantitative estimate of drug-likeness (QED) is 0.783. The molecular weight excluding hydrogens is 242 g/mol. The van der Waals surface area contributed by atoms with Crippen LogP contribution in [0.1, 0.15) is 0 Å². The summed E-state index contributed by atoms with van der Waals surface area (Å²) >= 11 is 5.93. The van der Waals surface area contributed by atoms with Crippen molar-refractivity contribution in [2.24, 2.45) is 0 Å². The van der Waals surface area contributed by atoms with Crippen molar-refractivity contribution in [1.82, 2.24) is 15.0 Å². The Morgan fingerprint density at radius 2 is 1.94 bits per heavy atom. The lowest BCUT2D eigenvalue weighted by Crippen LogP contribution is -1.95. The minimum Gasteiger partial charge on any atom is -0.491 e. The third-order valence-corrected chi connectivity index (χ3v) is 2.45. The van der Waals surface area contributed by atoms with Crippen LogP contribution in [0.15, 0.2) is 24.7 Å². The molecule has 0 spiro atoms. The lowest BCUT2D eigenvalue weighted by Gasteiger charge is -2.08. The van der Waals surface area contributed by atoms with E-state index in [0.717, 1.165) is 5.56 Å². The number of halogens is 1. The monoisotopic (exact) mass is 251 g/mol. The lowest BCUT2D eigenvalue weighted by molar-refractivity contribution is 0.398. The summed E-state index contributed by atoms with van der Waals surface area (Å²) < 4.78 is 10.2. The van der Waals surface area contributed by atoms with Crippen molar-refractivity contribution in [3.63, 3.8) is 0 Å². The highest BCUT2D eigenvalue weighted by Gasteiger charge is 2.12. The first-order valence-electron chi connectivity index (χ1n) is 4.81.